The second-order valence-corrected chi connectivity index (χ2v) is 7.54. The summed E-state index contributed by atoms with van der Waals surface area (Å²) in [6, 6.07) is 18.3. The van der Waals surface area contributed by atoms with Gasteiger partial charge in [0.05, 0.1) is 0 Å². The highest BCUT2D eigenvalue weighted by molar-refractivity contribution is 8.00. The number of hydrogen-bond acceptors (Lipinski definition) is 5. The van der Waals surface area contributed by atoms with Crippen LogP contribution in [0.2, 0.25) is 0 Å². The van der Waals surface area contributed by atoms with E-state index in [1.54, 1.807) is 24.3 Å². The van der Waals surface area contributed by atoms with E-state index in [9.17, 15) is 9.59 Å². The van der Waals surface area contributed by atoms with Crippen LogP contribution >= 0.6 is 11.8 Å². The largest absolute Gasteiger partial charge is 0.325 e. The van der Waals surface area contributed by atoms with Crippen molar-refractivity contribution >= 4 is 29.1 Å². The van der Waals surface area contributed by atoms with Gasteiger partial charge in [-0.05, 0) is 44.5 Å². The number of amides is 1. The molecule has 0 fully saturated rings. The number of aryl methyl sites for hydroxylation is 2. The number of thioether (sulfide) groups is 1. The Morgan fingerprint density at radius 1 is 0.929 bits per heavy atom. The maximum absolute atomic E-state index is 13.1. The summed E-state index contributed by atoms with van der Waals surface area (Å²) < 4.78 is 0. The summed E-state index contributed by atoms with van der Waals surface area (Å²) in [7, 11) is 0. The van der Waals surface area contributed by atoms with E-state index in [1.807, 2.05) is 50.2 Å². The smallest absolute Gasteiger partial charge is 0.242 e. The van der Waals surface area contributed by atoms with E-state index in [4.69, 9.17) is 0 Å². The van der Waals surface area contributed by atoms with Gasteiger partial charge in [-0.25, -0.2) is 9.97 Å². The zero-order chi connectivity index (χ0) is 20.1. The van der Waals surface area contributed by atoms with Gasteiger partial charge in [0.2, 0.25) is 5.91 Å². The molecule has 5 nitrogen and oxygen atoms in total. The lowest BCUT2D eigenvalue weighted by Gasteiger charge is -2.17. The van der Waals surface area contributed by atoms with Gasteiger partial charge >= 0.3 is 0 Å². The molecule has 0 saturated carbocycles. The molecule has 0 bridgehead atoms. The number of nitrogens with one attached hydrogen (secondary N) is 1. The van der Waals surface area contributed by atoms with Crippen LogP contribution in [-0.2, 0) is 4.79 Å². The molecule has 0 aliphatic rings. The van der Waals surface area contributed by atoms with Crippen LogP contribution in [0.4, 0.5) is 5.69 Å². The van der Waals surface area contributed by atoms with Crippen LogP contribution < -0.4 is 5.32 Å². The molecule has 3 rings (SSSR count). The van der Waals surface area contributed by atoms with Gasteiger partial charge in [-0.3, -0.25) is 9.59 Å². The average molecular weight is 391 g/mol. The standard InChI is InChI=1S/C22H21N3O2S/c1-14-12-15(2)24-22(23-14)28-20(17-8-5-4-6-9-17)21(27)25-19-11-7-10-18(13-19)16(3)26/h4-13,20H,1-3H3,(H,25,27). The fourth-order valence-electron chi connectivity index (χ4n) is 2.78. The molecule has 1 N–H and O–H groups in total. The quantitative estimate of drug-likeness (QED) is 0.372. The molecule has 3 aromatic rings. The second kappa shape index (κ2) is 8.80. The Labute approximate surface area is 168 Å². The fourth-order valence-corrected chi connectivity index (χ4v) is 3.84. The van der Waals surface area contributed by atoms with Gasteiger partial charge < -0.3 is 5.32 Å². The molecule has 1 atom stereocenters. The summed E-state index contributed by atoms with van der Waals surface area (Å²) in [5.41, 5.74) is 3.71. The number of carbonyl (C=O) groups excluding carboxylic acids is 2. The first-order valence-electron chi connectivity index (χ1n) is 8.88. The maximum atomic E-state index is 13.1. The molecule has 0 radical (unpaired) electrons. The molecule has 0 spiro atoms. The topological polar surface area (TPSA) is 72.0 Å². The Kier molecular flexibility index (Phi) is 6.21. The van der Waals surface area contributed by atoms with Crippen LogP contribution in [0.25, 0.3) is 0 Å². The van der Waals surface area contributed by atoms with Crippen LogP contribution in [0, 0.1) is 13.8 Å². The Bertz CT molecular complexity index is 985. The normalized spacial score (nSPS) is 11.7. The Morgan fingerprint density at radius 3 is 2.25 bits per heavy atom. The monoisotopic (exact) mass is 391 g/mol. The van der Waals surface area contributed by atoms with E-state index in [0.717, 1.165) is 17.0 Å². The van der Waals surface area contributed by atoms with Crippen LogP contribution in [0.15, 0.2) is 65.8 Å². The number of anilines is 1. The molecule has 1 unspecified atom stereocenters. The third kappa shape index (κ3) is 5.04. The molecule has 6 heteroatoms. The van der Waals surface area contributed by atoms with Crippen molar-refractivity contribution in [1.82, 2.24) is 9.97 Å². The third-order valence-corrected chi connectivity index (χ3v) is 5.18. The van der Waals surface area contributed by atoms with Crippen molar-refractivity contribution in [3.63, 3.8) is 0 Å². The highest BCUT2D eigenvalue weighted by atomic mass is 32.2. The van der Waals surface area contributed by atoms with E-state index in [1.165, 1.54) is 18.7 Å². The van der Waals surface area contributed by atoms with Gasteiger partial charge in [0.25, 0.3) is 0 Å². The van der Waals surface area contributed by atoms with Crippen molar-refractivity contribution in [3.05, 3.63) is 83.2 Å². The van der Waals surface area contributed by atoms with Gasteiger partial charge in [0.1, 0.15) is 5.25 Å². The first-order valence-corrected chi connectivity index (χ1v) is 9.76. The predicted octanol–water partition coefficient (Wildman–Crippen LogP) is 4.77. The summed E-state index contributed by atoms with van der Waals surface area (Å²) in [5, 5.41) is 2.95. The molecule has 0 aliphatic heterocycles. The number of ketones is 1. The Hall–Kier alpha value is -2.99. The minimum absolute atomic E-state index is 0.0475. The Morgan fingerprint density at radius 2 is 1.61 bits per heavy atom. The third-order valence-electron chi connectivity index (χ3n) is 4.06. The Balaban J connectivity index is 1.89. The van der Waals surface area contributed by atoms with E-state index in [-0.39, 0.29) is 11.7 Å². The van der Waals surface area contributed by atoms with E-state index in [2.05, 4.69) is 15.3 Å². The highest BCUT2D eigenvalue weighted by Gasteiger charge is 2.24. The molecule has 1 aromatic heterocycles. The number of carbonyl (C=O) groups is 2. The average Bonchev–Trinajstić information content (AvgIpc) is 2.66. The molecule has 1 amide bonds. The molecule has 2 aromatic carbocycles. The number of hydrogen-bond donors (Lipinski definition) is 1. The van der Waals surface area contributed by atoms with Gasteiger partial charge in [0.15, 0.2) is 10.9 Å². The van der Waals surface area contributed by atoms with E-state index in [0.29, 0.717) is 16.4 Å². The SMILES string of the molecule is CC(=O)c1cccc(NC(=O)C(Sc2nc(C)cc(C)n2)c2ccccc2)c1. The molecule has 142 valence electrons. The molecule has 0 saturated heterocycles. The van der Waals surface area contributed by atoms with Gasteiger partial charge in [-0.1, -0.05) is 54.2 Å². The van der Waals surface area contributed by atoms with Gasteiger partial charge in [0, 0.05) is 22.6 Å². The number of nitrogens with zero attached hydrogens (tertiary/aromatic N) is 2. The summed E-state index contributed by atoms with van der Waals surface area (Å²) in [6.45, 7) is 5.31. The highest BCUT2D eigenvalue weighted by Crippen LogP contribution is 2.34. The number of benzene rings is 2. The van der Waals surface area contributed by atoms with Crippen molar-refractivity contribution in [2.24, 2.45) is 0 Å². The van der Waals surface area contributed by atoms with Crippen molar-refractivity contribution in [1.29, 1.82) is 0 Å². The molecule has 1 heterocycles. The van der Waals surface area contributed by atoms with Gasteiger partial charge in [-0.2, -0.15) is 0 Å². The second-order valence-electron chi connectivity index (χ2n) is 6.47. The lowest BCUT2D eigenvalue weighted by atomic mass is 10.1. The molecule has 0 aliphatic carbocycles. The zero-order valence-electron chi connectivity index (χ0n) is 16.0. The minimum Gasteiger partial charge on any atom is -0.325 e. The first kappa shape index (κ1) is 19.8. The van der Waals surface area contributed by atoms with Crippen molar-refractivity contribution in [3.8, 4) is 0 Å². The zero-order valence-corrected chi connectivity index (χ0v) is 16.8. The van der Waals surface area contributed by atoms with Crippen LogP contribution in [0.5, 0.6) is 0 Å². The number of aromatic nitrogens is 2. The summed E-state index contributed by atoms with van der Waals surface area (Å²) >= 11 is 1.31. The maximum Gasteiger partial charge on any atom is 0.242 e. The van der Waals surface area contributed by atoms with Crippen LogP contribution in [-0.4, -0.2) is 21.7 Å². The summed E-state index contributed by atoms with van der Waals surface area (Å²) in [6.07, 6.45) is 0. The lowest BCUT2D eigenvalue weighted by molar-refractivity contribution is -0.115. The van der Waals surface area contributed by atoms with E-state index >= 15 is 0 Å². The minimum atomic E-state index is -0.525. The first-order chi connectivity index (χ1) is 13.4. The number of Topliss-reactive ketones (excluding diaryl/α,β-unsaturated/α-hetero) is 1. The molecular formula is C22H21N3O2S. The summed E-state index contributed by atoms with van der Waals surface area (Å²) in [5.74, 6) is -0.242. The van der Waals surface area contributed by atoms with Crippen LogP contribution in [0.1, 0.15) is 39.5 Å². The van der Waals surface area contributed by atoms with E-state index < -0.39 is 5.25 Å². The van der Waals surface area contributed by atoms with Crippen molar-refractivity contribution in [2.45, 2.75) is 31.2 Å². The fraction of sp³-hybridized carbons (Fsp3) is 0.182. The predicted molar refractivity (Wildman–Crippen MR) is 112 cm³/mol. The van der Waals surface area contributed by atoms with Gasteiger partial charge in [-0.15, -0.1) is 0 Å². The van der Waals surface area contributed by atoms with Crippen molar-refractivity contribution in [2.75, 3.05) is 5.32 Å². The lowest BCUT2D eigenvalue weighted by Crippen LogP contribution is -2.19. The molecule has 28 heavy (non-hydrogen) atoms. The summed E-state index contributed by atoms with van der Waals surface area (Å²) in [4.78, 5) is 33.6. The number of rotatable bonds is 6. The van der Waals surface area contributed by atoms with Crippen LogP contribution in [0.3, 0.4) is 0 Å². The van der Waals surface area contributed by atoms with Crippen molar-refractivity contribution < 1.29 is 9.59 Å². The molecular weight excluding hydrogens is 370 g/mol.